The maximum Gasteiger partial charge on any atom is 0.0329 e. The second-order valence-electron chi connectivity index (χ2n) is 5.36. The van der Waals surface area contributed by atoms with Gasteiger partial charge in [0.1, 0.15) is 0 Å². The molecule has 1 aromatic rings. The Morgan fingerprint density at radius 1 is 1.26 bits per heavy atom. The van der Waals surface area contributed by atoms with E-state index in [-0.39, 0.29) is 0 Å². The van der Waals surface area contributed by atoms with Gasteiger partial charge in [-0.15, -0.1) is 11.3 Å². The highest BCUT2D eigenvalue weighted by molar-refractivity contribution is 7.11. The molecule has 0 bridgehead atoms. The quantitative estimate of drug-likeness (QED) is 0.864. The number of rotatable bonds is 6. The molecule has 1 unspecified atom stereocenters. The van der Waals surface area contributed by atoms with E-state index in [2.05, 4.69) is 48.0 Å². The second-order valence-corrected chi connectivity index (χ2v) is 6.61. The third-order valence-corrected chi connectivity index (χ3v) is 4.97. The van der Waals surface area contributed by atoms with E-state index < -0.39 is 0 Å². The molecular formula is C15H27N3S. The van der Waals surface area contributed by atoms with Gasteiger partial charge in [0, 0.05) is 48.5 Å². The van der Waals surface area contributed by atoms with Crippen molar-refractivity contribution in [3.63, 3.8) is 0 Å². The van der Waals surface area contributed by atoms with Crippen molar-refractivity contribution < 1.29 is 0 Å². The van der Waals surface area contributed by atoms with E-state index in [0.717, 1.165) is 19.6 Å². The smallest absolute Gasteiger partial charge is 0.0329 e. The van der Waals surface area contributed by atoms with Gasteiger partial charge in [0.15, 0.2) is 0 Å². The van der Waals surface area contributed by atoms with Crippen LogP contribution in [0.2, 0.25) is 0 Å². The van der Waals surface area contributed by atoms with Crippen LogP contribution in [0.3, 0.4) is 0 Å². The van der Waals surface area contributed by atoms with Gasteiger partial charge in [-0.2, -0.15) is 0 Å². The maximum absolute atomic E-state index is 3.39. The van der Waals surface area contributed by atoms with Gasteiger partial charge in [0.05, 0.1) is 0 Å². The number of hydrogen-bond acceptors (Lipinski definition) is 4. The Hall–Kier alpha value is -0.420. The molecule has 1 aliphatic heterocycles. The van der Waals surface area contributed by atoms with Crippen LogP contribution in [0.15, 0.2) is 12.1 Å². The fraction of sp³-hybridized carbons (Fsp3) is 0.733. The monoisotopic (exact) mass is 281 g/mol. The van der Waals surface area contributed by atoms with Crippen molar-refractivity contribution in [3.8, 4) is 0 Å². The lowest BCUT2D eigenvalue weighted by Gasteiger charge is -2.39. The number of piperazine rings is 1. The standard InChI is InChI=1S/C15H27N3S/c1-4-16-10-14-6-7-15(19-14)12-17-8-9-18(5-2)13(3)11-17/h6-7,13,16H,4-5,8-12H2,1-3H3. The SMILES string of the molecule is CCNCc1ccc(CN2CCN(CC)C(C)C2)s1. The molecule has 1 N–H and O–H groups in total. The Morgan fingerprint density at radius 2 is 2.05 bits per heavy atom. The fourth-order valence-corrected chi connectivity index (χ4v) is 3.79. The summed E-state index contributed by atoms with van der Waals surface area (Å²) in [5, 5.41) is 3.39. The first-order valence-electron chi connectivity index (χ1n) is 7.47. The van der Waals surface area contributed by atoms with Crippen molar-refractivity contribution in [1.29, 1.82) is 0 Å². The van der Waals surface area contributed by atoms with Gasteiger partial charge in [0.2, 0.25) is 0 Å². The molecule has 2 rings (SSSR count). The highest BCUT2D eigenvalue weighted by Crippen LogP contribution is 2.20. The Labute approximate surface area is 121 Å². The van der Waals surface area contributed by atoms with E-state index >= 15 is 0 Å². The zero-order valence-corrected chi connectivity index (χ0v) is 13.3. The van der Waals surface area contributed by atoms with E-state index in [1.807, 2.05) is 11.3 Å². The van der Waals surface area contributed by atoms with Crippen LogP contribution < -0.4 is 5.32 Å². The molecule has 0 aromatic carbocycles. The van der Waals surface area contributed by atoms with Crippen molar-refractivity contribution >= 4 is 11.3 Å². The van der Waals surface area contributed by atoms with E-state index in [9.17, 15) is 0 Å². The molecule has 1 saturated heterocycles. The van der Waals surface area contributed by atoms with E-state index in [0.29, 0.717) is 6.04 Å². The largest absolute Gasteiger partial charge is 0.312 e. The molecule has 0 amide bonds. The van der Waals surface area contributed by atoms with Crippen LogP contribution >= 0.6 is 11.3 Å². The molecule has 1 aromatic heterocycles. The zero-order chi connectivity index (χ0) is 13.7. The molecule has 0 saturated carbocycles. The Kier molecular flexibility index (Phi) is 5.82. The van der Waals surface area contributed by atoms with Gasteiger partial charge in [-0.25, -0.2) is 0 Å². The summed E-state index contributed by atoms with van der Waals surface area (Å²) in [6.45, 7) is 14.8. The molecule has 4 heteroatoms. The van der Waals surface area contributed by atoms with Gasteiger partial charge in [0.25, 0.3) is 0 Å². The minimum Gasteiger partial charge on any atom is -0.312 e. The highest BCUT2D eigenvalue weighted by atomic mass is 32.1. The van der Waals surface area contributed by atoms with Crippen molar-refractivity contribution in [2.75, 3.05) is 32.7 Å². The molecule has 1 atom stereocenters. The van der Waals surface area contributed by atoms with Crippen LogP contribution in [0, 0.1) is 0 Å². The highest BCUT2D eigenvalue weighted by Gasteiger charge is 2.22. The summed E-state index contributed by atoms with van der Waals surface area (Å²) in [4.78, 5) is 8.13. The van der Waals surface area contributed by atoms with E-state index in [4.69, 9.17) is 0 Å². The molecule has 0 spiro atoms. The maximum atomic E-state index is 3.39. The molecule has 1 aliphatic rings. The van der Waals surface area contributed by atoms with Crippen molar-refractivity contribution in [3.05, 3.63) is 21.9 Å². The summed E-state index contributed by atoms with van der Waals surface area (Å²) in [7, 11) is 0. The van der Waals surface area contributed by atoms with Crippen LogP contribution in [0.5, 0.6) is 0 Å². The van der Waals surface area contributed by atoms with Gasteiger partial charge in [-0.1, -0.05) is 13.8 Å². The van der Waals surface area contributed by atoms with Gasteiger partial charge < -0.3 is 5.32 Å². The van der Waals surface area contributed by atoms with Crippen LogP contribution in [0.25, 0.3) is 0 Å². The fourth-order valence-electron chi connectivity index (χ4n) is 2.75. The summed E-state index contributed by atoms with van der Waals surface area (Å²) in [5.41, 5.74) is 0. The average molecular weight is 281 g/mol. The lowest BCUT2D eigenvalue weighted by molar-refractivity contribution is 0.0841. The summed E-state index contributed by atoms with van der Waals surface area (Å²) < 4.78 is 0. The van der Waals surface area contributed by atoms with E-state index in [1.54, 1.807) is 0 Å². The van der Waals surface area contributed by atoms with Crippen LogP contribution in [0.1, 0.15) is 30.5 Å². The summed E-state index contributed by atoms with van der Waals surface area (Å²) in [6.07, 6.45) is 0. The predicted molar refractivity (Wildman–Crippen MR) is 83.7 cm³/mol. The minimum absolute atomic E-state index is 0.694. The third-order valence-electron chi connectivity index (χ3n) is 3.90. The zero-order valence-electron chi connectivity index (χ0n) is 12.5. The molecule has 0 aliphatic carbocycles. The normalized spacial score (nSPS) is 21.9. The first-order chi connectivity index (χ1) is 9.22. The van der Waals surface area contributed by atoms with Crippen LogP contribution in [-0.4, -0.2) is 48.6 Å². The number of nitrogens with zero attached hydrogens (tertiary/aromatic N) is 2. The minimum atomic E-state index is 0.694. The predicted octanol–water partition coefficient (Wildman–Crippen LogP) is 2.38. The Balaban J connectivity index is 1.83. The number of likely N-dealkylation sites (N-methyl/N-ethyl adjacent to an activating group) is 1. The molecular weight excluding hydrogens is 254 g/mol. The number of hydrogen-bond donors (Lipinski definition) is 1. The van der Waals surface area contributed by atoms with Crippen molar-refractivity contribution in [1.82, 2.24) is 15.1 Å². The summed E-state index contributed by atoms with van der Waals surface area (Å²) in [5.74, 6) is 0. The Bertz CT molecular complexity index is 377. The average Bonchev–Trinajstić information content (AvgIpc) is 2.84. The first-order valence-corrected chi connectivity index (χ1v) is 8.29. The lowest BCUT2D eigenvalue weighted by atomic mass is 10.2. The Morgan fingerprint density at radius 3 is 2.74 bits per heavy atom. The summed E-state index contributed by atoms with van der Waals surface area (Å²) in [6, 6.07) is 5.27. The molecule has 108 valence electrons. The first kappa shape index (κ1) is 15.0. The lowest BCUT2D eigenvalue weighted by Crippen LogP contribution is -2.51. The van der Waals surface area contributed by atoms with Gasteiger partial charge in [-0.3, -0.25) is 9.80 Å². The van der Waals surface area contributed by atoms with E-state index in [1.165, 1.54) is 35.9 Å². The van der Waals surface area contributed by atoms with Crippen LogP contribution in [-0.2, 0) is 13.1 Å². The second kappa shape index (κ2) is 7.39. The molecule has 3 nitrogen and oxygen atoms in total. The number of thiophene rings is 1. The number of nitrogens with one attached hydrogen (secondary N) is 1. The van der Waals surface area contributed by atoms with Crippen molar-refractivity contribution in [2.24, 2.45) is 0 Å². The molecule has 1 fully saturated rings. The third kappa shape index (κ3) is 4.28. The van der Waals surface area contributed by atoms with Crippen LogP contribution in [0.4, 0.5) is 0 Å². The topological polar surface area (TPSA) is 18.5 Å². The van der Waals surface area contributed by atoms with Gasteiger partial charge >= 0.3 is 0 Å². The molecule has 2 heterocycles. The van der Waals surface area contributed by atoms with Gasteiger partial charge in [-0.05, 0) is 32.1 Å². The molecule has 0 radical (unpaired) electrons. The molecule has 19 heavy (non-hydrogen) atoms. The summed E-state index contributed by atoms with van der Waals surface area (Å²) >= 11 is 1.96. The van der Waals surface area contributed by atoms with Crippen molar-refractivity contribution in [2.45, 2.75) is 39.9 Å².